The molecule has 18 heavy (non-hydrogen) atoms. The van der Waals surface area contributed by atoms with Gasteiger partial charge in [-0.3, -0.25) is 14.6 Å². The second-order valence-corrected chi connectivity index (χ2v) is 4.90. The first-order chi connectivity index (χ1) is 8.59. The van der Waals surface area contributed by atoms with Crippen LogP contribution in [0.4, 0.5) is 0 Å². The number of aliphatic carboxylic acids is 1. The van der Waals surface area contributed by atoms with E-state index in [9.17, 15) is 9.59 Å². The van der Waals surface area contributed by atoms with Crippen molar-refractivity contribution in [3.63, 3.8) is 0 Å². The molecule has 1 rings (SSSR count). The summed E-state index contributed by atoms with van der Waals surface area (Å²) in [7, 11) is 0. The number of aromatic nitrogens is 1. The fourth-order valence-corrected chi connectivity index (χ4v) is 1.90. The Morgan fingerprint density at radius 1 is 1.44 bits per heavy atom. The summed E-state index contributed by atoms with van der Waals surface area (Å²) >= 11 is 1.43. The zero-order valence-corrected chi connectivity index (χ0v) is 10.9. The molecule has 0 aliphatic rings. The fraction of sp³-hybridized carbons (Fsp3) is 0.417. The predicted molar refractivity (Wildman–Crippen MR) is 69.4 cm³/mol. The van der Waals surface area contributed by atoms with E-state index in [-0.39, 0.29) is 5.91 Å². The number of carboxylic acid groups (broad SMARTS) is 1. The number of amides is 1. The van der Waals surface area contributed by atoms with Crippen LogP contribution < -0.4 is 5.32 Å². The minimum absolute atomic E-state index is 0.0885. The normalized spacial score (nSPS) is 11.8. The molecule has 6 heteroatoms. The number of hydrogen-bond donors (Lipinski definition) is 2. The average molecular weight is 268 g/mol. The summed E-state index contributed by atoms with van der Waals surface area (Å²) < 4.78 is 0. The van der Waals surface area contributed by atoms with Crippen molar-refractivity contribution in [2.24, 2.45) is 5.92 Å². The van der Waals surface area contributed by atoms with E-state index >= 15 is 0 Å². The minimum atomic E-state index is -0.838. The molecule has 1 heterocycles. The van der Waals surface area contributed by atoms with Gasteiger partial charge in [0.25, 0.3) is 0 Å². The molecule has 0 radical (unpaired) electrons. The summed E-state index contributed by atoms with van der Waals surface area (Å²) in [6.07, 6.45) is 3.80. The Morgan fingerprint density at radius 2 is 2.11 bits per heavy atom. The zero-order valence-electron chi connectivity index (χ0n) is 10.1. The molecule has 0 bridgehead atoms. The van der Waals surface area contributed by atoms with Crippen LogP contribution in [0, 0.1) is 5.92 Å². The highest BCUT2D eigenvalue weighted by Gasteiger charge is 2.10. The maximum atomic E-state index is 11.5. The molecule has 0 aromatic carbocycles. The highest BCUT2D eigenvalue weighted by molar-refractivity contribution is 8.00. The Balaban J connectivity index is 2.17. The third-order valence-electron chi connectivity index (χ3n) is 2.34. The van der Waals surface area contributed by atoms with E-state index < -0.39 is 11.9 Å². The number of nitrogens with one attached hydrogen (secondary N) is 1. The van der Waals surface area contributed by atoms with Crippen LogP contribution in [-0.2, 0) is 9.59 Å². The van der Waals surface area contributed by atoms with Crippen LogP contribution in [0.15, 0.2) is 29.4 Å². The van der Waals surface area contributed by atoms with E-state index in [0.717, 1.165) is 4.90 Å². The van der Waals surface area contributed by atoms with Crippen LogP contribution in [0.25, 0.3) is 0 Å². The number of carbonyl (C=O) groups excluding carboxylic acids is 1. The molecule has 0 saturated carbocycles. The van der Waals surface area contributed by atoms with Crippen LogP contribution in [0.3, 0.4) is 0 Å². The van der Waals surface area contributed by atoms with Crippen LogP contribution in [0.5, 0.6) is 0 Å². The van der Waals surface area contributed by atoms with E-state index in [1.807, 2.05) is 12.1 Å². The predicted octanol–water partition coefficient (Wildman–Crippen LogP) is 1.40. The Morgan fingerprint density at radius 3 is 2.72 bits per heavy atom. The molecule has 1 aromatic heterocycles. The van der Waals surface area contributed by atoms with Gasteiger partial charge in [0, 0.05) is 23.8 Å². The summed E-state index contributed by atoms with van der Waals surface area (Å²) in [5.74, 6) is -1.03. The first-order valence-corrected chi connectivity index (χ1v) is 6.60. The second-order valence-electron chi connectivity index (χ2n) is 3.85. The monoisotopic (exact) mass is 268 g/mol. The lowest BCUT2D eigenvalue weighted by Crippen LogP contribution is -2.28. The zero-order chi connectivity index (χ0) is 13.4. The summed E-state index contributed by atoms with van der Waals surface area (Å²) in [6.45, 7) is 2.02. The maximum absolute atomic E-state index is 11.5. The van der Waals surface area contributed by atoms with Crippen molar-refractivity contribution in [3.8, 4) is 0 Å². The number of carboxylic acids is 1. The van der Waals surface area contributed by atoms with Crippen molar-refractivity contribution < 1.29 is 14.7 Å². The first kappa shape index (κ1) is 14.5. The van der Waals surface area contributed by atoms with E-state index in [4.69, 9.17) is 5.11 Å². The van der Waals surface area contributed by atoms with E-state index in [0.29, 0.717) is 18.7 Å². The minimum Gasteiger partial charge on any atom is -0.481 e. The number of pyridine rings is 1. The van der Waals surface area contributed by atoms with E-state index in [1.54, 1.807) is 19.3 Å². The van der Waals surface area contributed by atoms with E-state index in [1.165, 1.54) is 11.8 Å². The largest absolute Gasteiger partial charge is 0.481 e. The molecule has 0 saturated heterocycles. The molecule has 0 aliphatic carbocycles. The van der Waals surface area contributed by atoms with Crippen molar-refractivity contribution in [1.82, 2.24) is 10.3 Å². The third-order valence-corrected chi connectivity index (χ3v) is 3.35. The van der Waals surface area contributed by atoms with Gasteiger partial charge in [-0.25, -0.2) is 0 Å². The summed E-state index contributed by atoms with van der Waals surface area (Å²) in [5, 5.41) is 11.4. The molecule has 1 atom stereocenters. The van der Waals surface area contributed by atoms with Crippen LogP contribution in [-0.4, -0.2) is 34.3 Å². The van der Waals surface area contributed by atoms with Crippen molar-refractivity contribution in [2.45, 2.75) is 18.2 Å². The van der Waals surface area contributed by atoms with Gasteiger partial charge in [0.2, 0.25) is 5.91 Å². The lowest BCUT2D eigenvalue weighted by atomic mass is 10.1. The quantitative estimate of drug-likeness (QED) is 0.731. The SMILES string of the molecule is CC(CCNC(=O)CSc1ccncc1)C(=O)O. The van der Waals surface area contributed by atoms with Crippen molar-refractivity contribution in [1.29, 1.82) is 0 Å². The Kier molecular flexibility index (Phi) is 6.21. The Labute approximate surface area is 110 Å². The van der Waals surface area contributed by atoms with Crippen molar-refractivity contribution in [3.05, 3.63) is 24.5 Å². The number of carbonyl (C=O) groups is 2. The standard InChI is InChI=1S/C12H16N2O3S/c1-9(12(16)17)2-7-14-11(15)8-18-10-3-5-13-6-4-10/h3-6,9H,2,7-8H2,1H3,(H,14,15)(H,16,17). The van der Waals surface area contributed by atoms with Crippen molar-refractivity contribution in [2.75, 3.05) is 12.3 Å². The van der Waals surface area contributed by atoms with Gasteiger partial charge in [0.05, 0.1) is 11.7 Å². The molecule has 1 amide bonds. The lowest BCUT2D eigenvalue weighted by Gasteiger charge is -2.07. The van der Waals surface area contributed by atoms with Gasteiger partial charge in [-0.05, 0) is 18.6 Å². The van der Waals surface area contributed by atoms with Crippen LogP contribution >= 0.6 is 11.8 Å². The topological polar surface area (TPSA) is 79.3 Å². The molecule has 0 fully saturated rings. The van der Waals surface area contributed by atoms with Gasteiger partial charge in [0.15, 0.2) is 0 Å². The average Bonchev–Trinajstić information content (AvgIpc) is 2.37. The van der Waals surface area contributed by atoms with Crippen LogP contribution in [0.1, 0.15) is 13.3 Å². The third kappa shape index (κ3) is 5.67. The van der Waals surface area contributed by atoms with Gasteiger partial charge in [0.1, 0.15) is 0 Å². The van der Waals surface area contributed by atoms with Gasteiger partial charge >= 0.3 is 5.97 Å². The Hall–Kier alpha value is -1.56. The fourth-order valence-electron chi connectivity index (χ4n) is 1.19. The maximum Gasteiger partial charge on any atom is 0.306 e. The molecule has 98 valence electrons. The molecule has 1 unspecified atom stereocenters. The van der Waals surface area contributed by atoms with Gasteiger partial charge in [-0.15, -0.1) is 11.8 Å². The highest BCUT2D eigenvalue weighted by Crippen LogP contribution is 2.15. The lowest BCUT2D eigenvalue weighted by molar-refractivity contribution is -0.141. The smallest absolute Gasteiger partial charge is 0.306 e. The molecular formula is C12H16N2O3S. The molecule has 5 nitrogen and oxygen atoms in total. The number of hydrogen-bond acceptors (Lipinski definition) is 4. The molecule has 0 spiro atoms. The number of rotatable bonds is 7. The molecule has 2 N–H and O–H groups in total. The molecular weight excluding hydrogens is 252 g/mol. The number of nitrogens with zero attached hydrogens (tertiary/aromatic N) is 1. The van der Waals surface area contributed by atoms with Gasteiger partial charge in [-0.1, -0.05) is 6.92 Å². The van der Waals surface area contributed by atoms with Crippen molar-refractivity contribution >= 4 is 23.6 Å². The molecule has 1 aromatic rings. The summed E-state index contributed by atoms with van der Waals surface area (Å²) in [6, 6.07) is 3.68. The molecule has 0 aliphatic heterocycles. The highest BCUT2D eigenvalue weighted by atomic mass is 32.2. The van der Waals surface area contributed by atoms with Crippen LogP contribution in [0.2, 0.25) is 0 Å². The first-order valence-electron chi connectivity index (χ1n) is 5.62. The summed E-state index contributed by atoms with van der Waals surface area (Å²) in [5.41, 5.74) is 0. The second kappa shape index (κ2) is 7.71. The number of thioether (sulfide) groups is 1. The Bertz CT molecular complexity index is 398. The van der Waals surface area contributed by atoms with Gasteiger partial charge in [-0.2, -0.15) is 0 Å². The van der Waals surface area contributed by atoms with Gasteiger partial charge < -0.3 is 10.4 Å². The van der Waals surface area contributed by atoms with E-state index in [2.05, 4.69) is 10.3 Å². The summed E-state index contributed by atoms with van der Waals surface area (Å²) in [4.78, 5) is 26.9.